The van der Waals surface area contributed by atoms with E-state index in [4.69, 9.17) is 9.47 Å². The quantitative estimate of drug-likeness (QED) is 0.272. The van der Waals surface area contributed by atoms with E-state index in [0.29, 0.717) is 24.9 Å². The van der Waals surface area contributed by atoms with Gasteiger partial charge in [-0.25, -0.2) is 0 Å². The highest BCUT2D eigenvalue weighted by Gasteiger charge is 2.75. The van der Waals surface area contributed by atoms with Gasteiger partial charge >= 0.3 is 5.97 Å². The lowest BCUT2D eigenvalue weighted by molar-refractivity contribution is -0.154. The summed E-state index contributed by atoms with van der Waals surface area (Å²) in [7, 11) is 0. The fourth-order valence-electron chi connectivity index (χ4n) is 7.35. The highest BCUT2D eigenvalue weighted by Crippen LogP contribution is 2.59. The van der Waals surface area contributed by atoms with E-state index in [9.17, 15) is 19.5 Å². The summed E-state index contributed by atoms with van der Waals surface area (Å²) in [6, 6.07) is 21.5. The third-order valence-electron chi connectivity index (χ3n) is 9.13. The predicted octanol–water partition coefficient (Wildman–Crippen LogP) is 4.07. The van der Waals surface area contributed by atoms with Crippen molar-refractivity contribution in [1.29, 1.82) is 0 Å². The Morgan fingerprint density at radius 1 is 1.07 bits per heavy atom. The van der Waals surface area contributed by atoms with Crippen LogP contribution >= 0.6 is 0 Å². The molecule has 0 saturated carbocycles. The number of rotatable bonds is 11. The van der Waals surface area contributed by atoms with Crippen LogP contribution in [0.4, 0.5) is 5.69 Å². The number of hydrogen-bond donors (Lipinski definition) is 1. The van der Waals surface area contributed by atoms with E-state index in [1.54, 1.807) is 11.0 Å². The van der Waals surface area contributed by atoms with Gasteiger partial charge in [-0.3, -0.25) is 14.4 Å². The Hall–Kier alpha value is -4.27. The number of benzene rings is 3. The van der Waals surface area contributed by atoms with Crippen molar-refractivity contribution >= 4 is 34.2 Å². The molecule has 1 spiro atoms. The van der Waals surface area contributed by atoms with E-state index >= 15 is 0 Å². The minimum Gasteiger partial charge on any atom is -0.461 e. The molecule has 3 heterocycles. The van der Waals surface area contributed by atoms with E-state index in [1.165, 1.54) is 11.0 Å². The highest BCUT2D eigenvalue weighted by molar-refractivity contribution is 6.05. The van der Waals surface area contributed by atoms with Crippen molar-refractivity contribution in [3.8, 4) is 0 Å². The van der Waals surface area contributed by atoms with Gasteiger partial charge in [0.15, 0.2) is 0 Å². The number of carbonyl (C=O) groups is 3. The van der Waals surface area contributed by atoms with Crippen LogP contribution in [0.5, 0.6) is 0 Å². The zero-order valence-electron chi connectivity index (χ0n) is 24.0. The van der Waals surface area contributed by atoms with Gasteiger partial charge in [0.25, 0.3) is 5.91 Å². The Labute approximate surface area is 251 Å². The third kappa shape index (κ3) is 4.84. The van der Waals surface area contributed by atoms with E-state index in [-0.39, 0.29) is 31.6 Å². The van der Waals surface area contributed by atoms with Crippen LogP contribution in [0.15, 0.2) is 98.1 Å². The van der Waals surface area contributed by atoms with Crippen LogP contribution in [-0.2, 0) is 30.3 Å². The van der Waals surface area contributed by atoms with Crippen LogP contribution in [0, 0.1) is 11.8 Å². The number of aliphatic hydroxyl groups is 1. The van der Waals surface area contributed by atoms with E-state index < -0.39 is 41.6 Å². The summed E-state index contributed by atoms with van der Waals surface area (Å²) in [5.74, 6) is -2.97. The molecule has 43 heavy (non-hydrogen) atoms. The minimum absolute atomic E-state index is 0.0182. The molecule has 3 aliphatic heterocycles. The second kappa shape index (κ2) is 11.8. The Morgan fingerprint density at radius 2 is 1.81 bits per heavy atom. The van der Waals surface area contributed by atoms with Crippen LogP contribution in [0.3, 0.4) is 0 Å². The van der Waals surface area contributed by atoms with Crippen LogP contribution in [0.1, 0.15) is 18.4 Å². The number of anilines is 1. The maximum Gasteiger partial charge on any atom is 0.312 e. The van der Waals surface area contributed by atoms with Crippen molar-refractivity contribution in [1.82, 2.24) is 4.90 Å². The number of esters is 1. The predicted molar refractivity (Wildman–Crippen MR) is 163 cm³/mol. The van der Waals surface area contributed by atoms with Crippen molar-refractivity contribution < 1.29 is 29.0 Å². The Kier molecular flexibility index (Phi) is 7.90. The molecule has 6 atom stereocenters. The number of likely N-dealkylation sites (tertiary alicyclic amines) is 1. The minimum atomic E-state index is -1.23. The molecule has 2 unspecified atom stereocenters. The van der Waals surface area contributed by atoms with Gasteiger partial charge in [0.1, 0.15) is 18.2 Å². The zero-order valence-corrected chi connectivity index (χ0v) is 24.0. The number of aliphatic hydroxyl groups excluding tert-OH is 1. The maximum atomic E-state index is 14.9. The molecule has 6 rings (SSSR count). The monoisotopic (exact) mass is 580 g/mol. The normalized spacial score (nSPS) is 26.3. The Morgan fingerprint density at radius 3 is 2.53 bits per heavy atom. The molecule has 3 aromatic rings. The van der Waals surface area contributed by atoms with Crippen LogP contribution < -0.4 is 4.90 Å². The number of fused-ring (bicyclic) bond motifs is 2. The second-order valence-electron chi connectivity index (χ2n) is 11.5. The lowest BCUT2D eigenvalue weighted by atomic mass is 9.70. The molecular formula is C35H36N2O6. The van der Waals surface area contributed by atoms with Gasteiger partial charge in [-0.05, 0) is 47.7 Å². The Balaban J connectivity index is 1.44. The first-order valence-corrected chi connectivity index (χ1v) is 14.8. The van der Waals surface area contributed by atoms with Gasteiger partial charge in [0, 0.05) is 12.2 Å². The molecule has 2 amide bonds. The summed E-state index contributed by atoms with van der Waals surface area (Å²) in [5, 5.41) is 12.7. The van der Waals surface area contributed by atoms with E-state index in [2.05, 4.69) is 13.2 Å². The number of ether oxygens (including phenoxy) is 2. The first-order valence-electron chi connectivity index (χ1n) is 14.8. The molecule has 1 N–H and O–H groups in total. The lowest BCUT2D eigenvalue weighted by Crippen LogP contribution is -2.59. The molecular weight excluding hydrogens is 544 g/mol. The van der Waals surface area contributed by atoms with Crippen LogP contribution in [0.2, 0.25) is 0 Å². The van der Waals surface area contributed by atoms with Crippen LogP contribution in [-0.4, -0.2) is 71.3 Å². The second-order valence-corrected chi connectivity index (χ2v) is 11.5. The lowest BCUT2D eigenvalue weighted by Gasteiger charge is -2.39. The molecule has 8 heteroatoms. The van der Waals surface area contributed by atoms with Gasteiger partial charge in [0.2, 0.25) is 5.91 Å². The molecule has 222 valence electrons. The smallest absolute Gasteiger partial charge is 0.312 e. The van der Waals surface area contributed by atoms with Crippen molar-refractivity contribution in [2.24, 2.45) is 11.8 Å². The van der Waals surface area contributed by atoms with Crippen molar-refractivity contribution in [3.63, 3.8) is 0 Å². The molecule has 3 fully saturated rings. The van der Waals surface area contributed by atoms with Crippen molar-refractivity contribution in [3.05, 3.63) is 104 Å². The standard InChI is InChI=1S/C35H36N2O6/c1-3-18-36(26-15-14-24-12-8-9-13-25(24)21-26)33(40)31-35-17-16-28(43-35)29(34(41)42-19-4-2)30(35)32(39)37(31)27(22-38)20-23-10-6-5-7-11-23/h3-15,21,27-31,38H,1-2,16-20,22H2/t27-,28-,29+,30+,31?,35?/m1/s1. The average molecular weight is 581 g/mol. The topological polar surface area (TPSA) is 96.4 Å². The highest BCUT2D eigenvalue weighted by atomic mass is 16.6. The van der Waals surface area contributed by atoms with Crippen LogP contribution in [0.25, 0.3) is 10.8 Å². The first-order chi connectivity index (χ1) is 20.9. The van der Waals surface area contributed by atoms with Gasteiger partial charge in [-0.2, -0.15) is 0 Å². The van der Waals surface area contributed by atoms with E-state index in [1.807, 2.05) is 72.8 Å². The fourth-order valence-corrected chi connectivity index (χ4v) is 7.35. The van der Waals surface area contributed by atoms with Gasteiger partial charge in [-0.1, -0.05) is 79.4 Å². The van der Waals surface area contributed by atoms with Gasteiger partial charge in [0.05, 0.1) is 30.6 Å². The molecule has 2 bridgehead atoms. The molecule has 0 aliphatic carbocycles. The number of hydrogen-bond acceptors (Lipinski definition) is 6. The summed E-state index contributed by atoms with van der Waals surface area (Å²) in [5.41, 5.74) is 0.352. The maximum absolute atomic E-state index is 14.9. The molecule has 3 aromatic carbocycles. The van der Waals surface area contributed by atoms with Gasteiger partial charge in [-0.15, -0.1) is 6.58 Å². The summed E-state index contributed by atoms with van der Waals surface area (Å²) >= 11 is 0. The summed E-state index contributed by atoms with van der Waals surface area (Å²) in [6.45, 7) is 7.38. The number of amides is 2. The SMILES string of the molecule is C=CCOC(=O)[C@@H]1[C@H]2C(=O)N([C@@H](CO)Cc3ccccc3)C(C(=O)N(CC=C)c3ccc4ccccc4c3)C23CC[C@H]1O3. The van der Waals surface area contributed by atoms with E-state index in [0.717, 1.165) is 16.3 Å². The summed E-state index contributed by atoms with van der Waals surface area (Å²) in [4.78, 5) is 45.8. The largest absolute Gasteiger partial charge is 0.461 e. The average Bonchev–Trinajstić information content (AvgIpc) is 3.68. The molecule has 0 radical (unpaired) electrons. The van der Waals surface area contributed by atoms with Crippen molar-refractivity contribution in [2.75, 3.05) is 24.7 Å². The van der Waals surface area contributed by atoms with Gasteiger partial charge < -0.3 is 24.4 Å². The van der Waals surface area contributed by atoms with Crippen molar-refractivity contribution in [2.45, 2.75) is 43.1 Å². The first kappa shape index (κ1) is 28.8. The summed E-state index contributed by atoms with van der Waals surface area (Å²) < 4.78 is 12.0. The number of carbonyl (C=O) groups excluding carboxylic acids is 3. The fraction of sp³-hybridized carbons (Fsp3) is 0.343. The Bertz CT molecular complexity index is 1560. The molecule has 3 aliphatic rings. The third-order valence-corrected chi connectivity index (χ3v) is 9.13. The summed E-state index contributed by atoms with van der Waals surface area (Å²) in [6.07, 6.45) is 3.90. The molecule has 0 aromatic heterocycles. The molecule has 3 saturated heterocycles. The zero-order chi connectivity index (χ0) is 30.1. The molecule has 8 nitrogen and oxygen atoms in total. The number of nitrogens with zero attached hydrogens (tertiary/aromatic N) is 2.